The van der Waals surface area contributed by atoms with E-state index >= 15 is 0 Å². The fraction of sp³-hybridized carbons (Fsp3) is 0.0952. The summed E-state index contributed by atoms with van der Waals surface area (Å²) >= 11 is 6.33. The number of fused-ring (bicyclic) bond motifs is 1. The quantitative estimate of drug-likeness (QED) is 0.535. The van der Waals surface area contributed by atoms with Crippen LogP contribution in [0.4, 0.5) is 0 Å². The summed E-state index contributed by atoms with van der Waals surface area (Å²) in [6.45, 7) is 3.63. The maximum Gasteiger partial charge on any atom is 0.254 e. The first-order valence-electron chi connectivity index (χ1n) is 8.69. The van der Waals surface area contributed by atoms with Crippen LogP contribution >= 0.6 is 11.6 Å². The van der Waals surface area contributed by atoms with Crippen molar-refractivity contribution in [2.45, 2.75) is 13.8 Å². The molecule has 0 aliphatic heterocycles. The number of aryl methyl sites for hydroxylation is 2. The van der Waals surface area contributed by atoms with E-state index in [1.165, 1.54) is 18.3 Å². The fourth-order valence-electron chi connectivity index (χ4n) is 3.44. The Morgan fingerprint density at radius 1 is 1.21 bits per heavy atom. The average molecular weight is 410 g/mol. The summed E-state index contributed by atoms with van der Waals surface area (Å²) in [6.07, 6.45) is 1.36. The van der Waals surface area contributed by atoms with E-state index in [4.69, 9.17) is 21.9 Å². The van der Waals surface area contributed by atoms with E-state index in [2.05, 4.69) is 5.16 Å². The highest BCUT2D eigenvalue weighted by Gasteiger charge is 2.18. The van der Waals surface area contributed by atoms with Crippen LogP contribution in [0, 0.1) is 13.8 Å². The lowest BCUT2D eigenvalue weighted by Crippen LogP contribution is -2.24. The zero-order valence-corrected chi connectivity index (χ0v) is 16.3. The van der Waals surface area contributed by atoms with Crippen molar-refractivity contribution in [2.75, 3.05) is 0 Å². The Hall–Kier alpha value is -3.58. The van der Waals surface area contributed by atoms with Crippen molar-refractivity contribution >= 4 is 28.4 Å². The molecule has 0 spiro atoms. The average Bonchev–Trinajstić information content (AvgIpc) is 3.00. The minimum Gasteiger partial charge on any atom is -0.508 e. The lowest BCUT2D eigenvalue weighted by molar-refractivity contribution is 0.0999. The topological polar surface area (TPSA) is 111 Å². The Morgan fingerprint density at radius 2 is 1.97 bits per heavy atom. The number of hydrogen-bond acceptors (Lipinski definition) is 5. The number of rotatable bonds is 3. The van der Waals surface area contributed by atoms with Gasteiger partial charge in [-0.2, -0.15) is 0 Å². The second kappa shape index (κ2) is 6.79. The Kier molecular flexibility index (Phi) is 4.39. The molecule has 3 N–H and O–H groups in total. The minimum absolute atomic E-state index is 0.00404. The van der Waals surface area contributed by atoms with Crippen LogP contribution in [0.1, 0.15) is 21.8 Å². The molecule has 2 heterocycles. The molecule has 1 amide bonds. The largest absolute Gasteiger partial charge is 0.508 e. The molecule has 4 aromatic rings. The number of hydrogen-bond donors (Lipinski definition) is 2. The number of carbonyl (C=O) groups excluding carboxylic acids is 1. The van der Waals surface area contributed by atoms with Gasteiger partial charge in [0.1, 0.15) is 17.1 Å². The number of amides is 1. The van der Waals surface area contributed by atoms with Crippen LogP contribution in [0.3, 0.4) is 0 Å². The van der Waals surface area contributed by atoms with Gasteiger partial charge >= 0.3 is 0 Å². The fourth-order valence-corrected chi connectivity index (χ4v) is 3.71. The third-order valence-electron chi connectivity index (χ3n) is 4.78. The third kappa shape index (κ3) is 3.05. The lowest BCUT2D eigenvalue weighted by atomic mass is 10.0. The van der Waals surface area contributed by atoms with Gasteiger partial charge in [0.25, 0.3) is 5.91 Å². The van der Waals surface area contributed by atoms with E-state index in [1.54, 1.807) is 35.8 Å². The zero-order chi connectivity index (χ0) is 20.9. The molecule has 0 aliphatic carbocycles. The summed E-state index contributed by atoms with van der Waals surface area (Å²) in [6, 6.07) is 9.64. The molecule has 0 unspecified atom stereocenters. The summed E-state index contributed by atoms with van der Waals surface area (Å²) in [5.74, 6) is -0.196. The van der Waals surface area contributed by atoms with Crippen molar-refractivity contribution in [2.24, 2.45) is 5.73 Å². The molecule has 0 saturated carbocycles. The molecular weight excluding hydrogens is 394 g/mol. The number of nitrogens with two attached hydrogens (primary N) is 1. The summed E-state index contributed by atoms with van der Waals surface area (Å²) in [4.78, 5) is 24.7. The molecule has 8 heteroatoms. The number of carbonyl (C=O) groups is 1. The highest BCUT2D eigenvalue weighted by Crippen LogP contribution is 2.32. The predicted octanol–water partition coefficient (Wildman–Crippen LogP) is 3.72. The normalized spacial score (nSPS) is 11.1. The first-order chi connectivity index (χ1) is 13.8. The van der Waals surface area contributed by atoms with Gasteiger partial charge in [0.2, 0.25) is 5.43 Å². The van der Waals surface area contributed by atoms with E-state index in [9.17, 15) is 14.7 Å². The number of aromatic hydroxyl groups is 1. The van der Waals surface area contributed by atoms with Crippen molar-refractivity contribution in [1.82, 2.24) is 9.72 Å². The number of aromatic nitrogens is 2. The molecule has 29 heavy (non-hydrogen) atoms. The molecule has 146 valence electrons. The van der Waals surface area contributed by atoms with Crippen LogP contribution in [0.25, 0.3) is 27.7 Å². The van der Waals surface area contributed by atoms with Crippen LogP contribution in [0.15, 0.2) is 51.9 Å². The van der Waals surface area contributed by atoms with Crippen molar-refractivity contribution in [3.8, 4) is 22.6 Å². The standard InChI is InChI=1S/C21H16ClN3O4/c1-10-19(11(2)29-24-10)12-3-5-14-18(7-12)25(9-15(20(14)27)21(23)28)17-6-4-13(26)8-16(17)22/h3-9,26H,1-2H3,(H2,23,28). The van der Waals surface area contributed by atoms with Crippen LogP contribution in [0.2, 0.25) is 5.02 Å². The van der Waals surface area contributed by atoms with E-state index in [-0.39, 0.29) is 16.3 Å². The summed E-state index contributed by atoms with van der Waals surface area (Å²) < 4.78 is 6.87. The summed E-state index contributed by atoms with van der Waals surface area (Å²) in [7, 11) is 0. The number of primary amides is 1. The second-order valence-electron chi connectivity index (χ2n) is 6.67. The molecule has 0 radical (unpaired) electrons. The third-order valence-corrected chi connectivity index (χ3v) is 5.09. The number of benzene rings is 2. The van der Waals surface area contributed by atoms with Crippen LogP contribution in [-0.2, 0) is 0 Å². The number of phenols is 1. The first-order valence-corrected chi connectivity index (χ1v) is 9.07. The predicted molar refractivity (Wildman–Crippen MR) is 110 cm³/mol. The highest BCUT2D eigenvalue weighted by atomic mass is 35.5. The molecule has 2 aromatic heterocycles. The van der Waals surface area contributed by atoms with Gasteiger partial charge in [0.15, 0.2) is 0 Å². The van der Waals surface area contributed by atoms with Gasteiger partial charge in [-0.25, -0.2) is 0 Å². The number of nitrogens with zero attached hydrogens (tertiary/aromatic N) is 2. The van der Waals surface area contributed by atoms with Crippen LogP contribution in [-0.4, -0.2) is 20.7 Å². The maximum atomic E-state index is 12.8. The summed E-state index contributed by atoms with van der Waals surface area (Å²) in [5, 5.41) is 14.2. The monoisotopic (exact) mass is 409 g/mol. The van der Waals surface area contributed by atoms with Crippen LogP contribution < -0.4 is 11.2 Å². The van der Waals surface area contributed by atoms with Crippen molar-refractivity contribution < 1.29 is 14.4 Å². The van der Waals surface area contributed by atoms with Gasteiger partial charge < -0.3 is 19.9 Å². The molecule has 0 fully saturated rings. The smallest absolute Gasteiger partial charge is 0.254 e. The molecule has 4 rings (SSSR count). The van der Waals surface area contributed by atoms with Crippen molar-refractivity contribution in [3.63, 3.8) is 0 Å². The molecule has 2 aromatic carbocycles. The van der Waals surface area contributed by atoms with Gasteiger partial charge in [0, 0.05) is 23.2 Å². The van der Waals surface area contributed by atoms with E-state index in [0.29, 0.717) is 28.0 Å². The number of pyridine rings is 1. The Morgan fingerprint density at radius 3 is 2.59 bits per heavy atom. The minimum atomic E-state index is -0.838. The Bertz CT molecular complexity index is 1330. The molecule has 0 atom stereocenters. The van der Waals surface area contributed by atoms with Crippen LogP contribution in [0.5, 0.6) is 5.75 Å². The molecule has 0 aliphatic rings. The van der Waals surface area contributed by atoms with Gasteiger partial charge in [-0.1, -0.05) is 22.8 Å². The number of phenolic OH excluding ortho intramolecular Hbond substituents is 1. The van der Waals surface area contributed by atoms with E-state index in [0.717, 1.165) is 11.1 Å². The molecule has 0 saturated heterocycles. The SMILES string of the molecule is Cc1noc(C)c1-c1ccc2c(=O)c(C(N)=O)cn(-c3ccc(O)cc3Cl)c2c1. The summed E-state index contributed by atoms with van der Waals surface area (Å²) in [5.41, 5.74) is 8.12. The molecule has 0 bridgehead atoms. The van der Waals surface area contributed by atoms with E-state index < -0.39 is 11.3 Å². The Labute approximate surface area is 169 Å². The molecule has 7 nitrogen and oxygen atoms in total. The van der Waals surface area contributed by atoms with Gasteiger partial charge in [0.05, 0.1) is 21.9 Å². The lowest BCUT2D eigenvalue weighted by Gasteiger charge is -2.15. The maximum absolute atomic E-state index is 12.8. The first kappa shape index (κ1) is 18.8. The zero-order valence-electron chi connectivity index (χ0n) is 15.6. The molecular formula is C21H16ClN3O4. The number of halogens is 1. The van der Waals surface area contributed by atoms with Crippen molar-refractivity contribution in [1.29, 1.82) is 0 Å². The van der Waals surface area contributed by atoms with Gasteiger partial charge in [-0.15, -0.1) is 0 Å². The second-order valence-corrected chi connectivity index (χ2v) is 7.08. The Balaban J connectivity index is 2.11. The van der Waals surface area contributed by atoms with Crippen molar-refractivity contribution in [3.05, 3.63) is 74.9 Å². The van der Waals surface area contributed by atoms with Gasteiger partial charge in [-0.3, -0.25) is 9.59 Å². The van der Waals surface area contributed by atoms with E-state index in [1.807, 2.05) is 6.92 Å². The van der Waals surface area contributed by atoms with Gasteiger partial charge in [-0.05, 0) is 43.7 Å². The highest BCUT2D eigenvalue weighted by molar-refractivity contribution is 6.32.